The lowest BCUT2D eigenvalue weighted by Crippen LogP contribution is -2.06. The SMILES string of the molecule is Cc1c(N)nc(C(C)C)nc1-c1cccc(C#N)c1. The van der Waals surface area contributed by atoms with Crippen molar-refractivity contribution in [3.63, 3.8) is 0 Å². The third kappa shape index (κ3) is 2.55. The summed E-state index contributed by atoms with van der Waals surface area (Å²) < 4.78 is 0. The van der Waals surface area contributed by atoms with Crippen LogP contribution in [0.5, 0.6) is 0 Å². The van der Waals surface area contributed by atoms with E-state index in [-0.39, 0.29) is 5.92 Å². The van der Waals surface area contributed by atoms with Crippen molar-refractivity contribution in [2.75, 3.05) is 5.73 Å². The summed E-state index contributed by atoms with van der Waals surface area (Å²) >= 11 is 0. The predicted molar refractivity (Wildman–Crippen MR) is 75.4 cm³/mol. The molecule has 4 nitrogen and oxygen atoms in total. The fourth-order valence-corrected chi connectivity index (χ4v) is 1.83. The molecule has 0 bridgehead atoms. The molecule has 0 unspecified atom stereocenters. The molecule has 96 valence electrons. The number of aromatic nitrogens is 2. The summed E-state index contributed by atoms with van der Waals surface area (Å²) in [7, 11) is 0. The molecule has 1 aromatic heterocycles. The zero-order valence-electron chi connectivity index (χ0n) is 11.3. The summed E-state index contributed by atoms with van der Waals surface area (Å²) in [6, 6.07) is 9.50. The van der Waals surface area contributed by atoms with E-state index in [0.29, 0.717) is 11.4 Å². The largest absolute Gasteiger partial charge is 0.383 e. The number of nitrogen functional groups attached to an aromatic ring is 1. The molecule has 0 saturated carbocycles. The Bertz CT molecular complexity index is 654. The van der Waals surface area contributed by atoms with Crippen molar-refractivity contribution in [3.05, 3.63) is 41.2 Å². The van der Waals surface area contributed by atoms with Gasteiger partial charge in [-0.3, -0.25) is 0 Å². The highest BCUT2D eigenvalue weighted by Crippen LogP contribution is 2.26. The van der Waals surface area contributed by atoms with E-state index >= 15 is 0 Å². The Morgan fingerprint density at radius 2 is 2.00 bits per heavy atom. The lowest BCUT2D eigenvalue weighted by atomic mass is 10.0. The fraction of sp³-hybridized carbons (Fsp3) is 0.267. The first-order chi connectivity index (χ1) is 9.02. The summed E-state index contributed by atoms with van der Waals surface area (Å²) in [4.78, 5) is 8.88. The van der Waals surface area contributed by atoms with E-state index in [1.54, 1.807) is 6.07 Å². The molecule has 0 aliphatic rings. The standard InChI is InChI=1S/C15H16N4/c1-9(2)15-18-13(10(3)14(17)19-15)12-6-4-5-11(7-12)8-16/h4-7,9H,1-3H3,(H2,17,18,19). The van der Waals surface area contributed by atoms with Crippen LogP contribution in [0, 0.1) is 18.3 Å². The Kier molecular flexibility index (Phi) is 3.48. The van der Waals surface area contributed by atoms with Crippen molar-refractivity contribution in [3.8, 4) is 17.3 Å². The summed E-state index contributed by atoms with van der Waals surface area (Å²) in [5.41, 5.74) is 9.10. The van der Waals surface area contributed by atoms with Gasteiger partial charge in [-0.25, -0.2) is 9.97 Å². The quantitative estimate of drug-likeness (QED) is 0.891. The molecule has 0 spiro atoms. The van der Waals surface area contributed by atoms with E-state index in [0.717, 1.165) is 22.6 Å². The molecule has 2 rings (SSSR count). The number of rotatable bonds is 2. The molecular formula is C15H16N4. The fourth-order valence-electron chi connectivity index (χ4n) is 1.83. The van der Waals surface area contributed by atoms with Crippen LogP contribution in [0.4, 0.5) is 5.82 Å². The van der Waals surface area contributed by atoms with Gasteiger partial charge in [0.2, 0.25) is 0 Å². The van der Waals surface area contributed by atoms with Gasteiger partial charge >= 0.3 is 0 Å². The third-order valence-electron chi connectivity index (χ3n) is 2.98. The minimum Gasteiger partial charge on any atom is -0.383 e. The zero-order valence-corrected chi connectivity index (χ0v) is 11.3. The monoisotopic (exact) mass is 252 g/mol. The molecule has 0 atom stereocenters. The van der Waals surface area contributed by atoms with Gasteiger partial charge < -0.3 is 5.73 Å². The van der Waals surface area contributed by atoms with Crippen LogP contribution in [-0.2, 0) is 0 Å². The van der Waals surface area contributed by atoms with Crippen molar-refractivity contribution in [2.45, 2.75) is 26.7 Å². The molecule has 0 fully saturated rings. The van der Waals surface area contributed by atoms with Gasteiger partial charge in [0.15, 0.2) is 0 Å². The summed E-state index contributed by atoms with van der Waals surface area (Å²) in [5.74, 6) is 1.43. The molecule has 2 aromatic rings. The van der Waals surface area contributed by atoms with E-state index < -0.39 is 0 Å². The van der Waals surface area contributed by atoms with Gasteiger partial charge in [0.1, 0.15) is 11.6 Å². The molecule has 0 amide bonds. The zero-order chi connectivity index (χ0) is 14.0. The molecule has 4 heteroatoms. The maximum Gasteiger partial charge on any atom is 0.133 e. The Labute approximate surface area is 112 Å². The van der Waals surface area contributed by atoms with E-state index in [4.69, 9.17) is 11.0 Å². The first-order valence-corrected chi connectivity index (χ1v) is 6.17. The normalized spacial score (nSPS) is 10.5. The molecule has 1 heterocycles. The van der Waals surface area contributed by atoms with Gasteiger partial charge in [0, 0.05) is 17.0 Å². The molecule has 2 N–H and O–H groups in total. The minimum absolute atomic E-state index is 0.209. The van der Waals surface area contributed by atoms with E-state index in [1.165, 1.54) is 0 Å². The highest BCUT2D eigenvalue weighted by Gasteiger charge is 2.13. The van der Waals surface area contributed by atoms with Crippen LogP contribution in [0.3, 0.4) is 0 Å². The lowest BCUT2D eigenvalue weighted by Gasteiger charge is -2.12. The van der Waals surface area contributed by atoms with Crippen LogP contribution < -0.4 is 5.73 Å². The number of anilines is 1. The van der Waals surface area contributed by atoms with Crippen molar-refractivity contribution in [2.24, 2.45) is 0 Å². The molecular weight excluding hydrogens is 236 g/mol. The van der Waals surface area contributed by atoms with Crippen molar-refractivity contribution >= 4 is 5.82 Å². The first-order valence-electron chi connectivity index (χ1n) is 6.17. The second kappa shape index (κ2) is 5.07. The van der Waals surface area contributed by atoms with E-state index in [1.807, 2.05) is 39.0 Å². The highest BCUT2D eigenvalue weighted by atomic mass is 15.0. The van der Waals surface area contributed by atoms with Crippen molar-refractivity contribution < 1.29 is 0 Å². The summed E-state index contributed by atoms with van der Waals surface area (Å²) in [6.07, 6.45) is 0. The van der Waals surface area contributed by atoms with Gasteiger partial charge in [-0.1, -0.05) is 26.0 Å². The second-order valence-corrected chi connectivity index (χ2v) is 4.79. The number of nitriles is 1. The van der Waals surface area contributed by atoms with Gasteiger partial charge in [-0.2, -0.15) is 5.26 Å². The van der Waals surface area contributed by atoms with Crippen molar-refractivity contribution in [1.29, 1.82) is 5.26 Å². The average molecular weight is 252 g/mol. The Balaban J connectivity index is 2.64. The van der Waals surface area contributed by atoms with Gasteiger partial charge in [-0.15, -0.1) is 0 Å². The number of benzene rings is 1. The number of nitrogens with two attached hydrogens (primary N) is 1. The third-order valence-corrected chi connectivity index (χ3v) is 2.98. The molecule has 0 aliphatic heterocycles. The Morgan fingerprint density at radius 3 is 2.63 bits per heavy atom. The lowest BCUT2D eigenvalue weighted by molar-refractivity contribution is 0.776. The maximum atomic E-state index is 8.97. The van der Waals surface area contributed by atoms with Gasteiger partial charge in [0.05, 0.1) is 17.3 Å². The summed E-state index contributed by atoms with van der Waals surface area (Å²) in [5, 5.41) is 8.97. The first kappa shape index (κ1) is 13.0. The van der Waals surface area contributed by atoms with E-state index in [9.17, 15) is 0 Å². The van der Waals surface area contributed by atoms with Gasteiger partial charge in [0.25, 0.3) is 0 Å². The van der Waals surface area contributed by atoms with E-state index in [2.05, 4.69) is 16.0 Å². The topological polar surface area (TPSA) is 75.6 Å². The van der Waals surface area contributed by atoms with Crippen LogP contribution in [-0.4, -0.2) is 9.97 Å². The molecule has 0 aliphatic carbocycles. The smallest absolute Gasteiger partial charge is 0.133 e. The van der Waals surface area contributed by atoms with Crippen LogP contribution in [0.25, 0.3) is 11.3 Å². The van der Waals surface area contributed by atoms with Gasteiger partial charge in [-0.05, 0) is 19.1 Å². The van der Waals surface area contributed by atoms with Crippen LogP contribution in [0.15, 0.2) is 24.3 Å². The molecule has 1 aromatic carbocycles. The maximum absolute atomic E-state index is 8.97. The highest BCUT2D eigenvalue weighted by molar-refractivity contribution is 5.68. The number of nitrogens with zero attached hydrogens (tertiary/aromatic N) is 3. The molecule has 0 radical (unpaired) electrons. The number of hydrogen-bond acceptors (Lipinski definition) is 4. The number of hydrogen-bond donors (Lipinski definition) is 1. The second-order valence-electron chi connectivity index (χ2n) is 4.79. The van der Waals surface area contributed by atoms with Crippen LogP contribution >= 0.6 is 0 Å². The Hall–Kier alpha value is -2.41. The van der Waals surface area contributed by atoms with Crippen molar-refractivity contribution in [1.82, 2.24) is 9.97 Å². The Morgan fingerprint density at radius 1 is 1.26 bits per heavy atom. The predicted octanol–water partition coefficient (Wildman–Crippen LogP) is 3.03. The van der Waals surface area contributed by atoms with Crippen LogP contribution in [0.2, 0.25) is 0 Å². The average Bonchev–Trinajstić information content (AvgIpc) is 2.41. The molecule has 19 heavy (non-hydrogen) atoms. The van der Waals surface area contributed by atoms with Crippen LogP contribution in [0.1, 0.15) is 36.7 Å². The minimum atomic E-state index is 0.209. The molecule has 0 saturated heterocycles. The summed E-state index contributed by atoms with van der Waals surface area (Å²) in [6.45, 7) is 5.95.